The summed E-state index contributed by atoms with van der Waals surface area (Å²) in [6.45, 7) is 0.482. The fraction of sp³-hybridized carbons (Fsp3) is 0.0435. The van der Waals surface area contributed by atoms with Gasteiger partial charge in [-0.2, -0.15) is 0 Å². The fourth-order valence-corrected chi connectivity index (χ4v) is 3.94. The van der Waals surface area contributed by atoms with Crippen LogP contribution in [0.5, 0.6) is 0 Å². The number of halogens is 1. The minimum absolute atomic E-state index is 0.0431. The van der Waals surface area contributed by atoms with E-state index in [-0.39, 0.29) is 5.91 Å². The van der Waals surface area contributed by atoms with Crippen LogP contribution in [0, 0.1) is 0 Å². The molecule has 0 atom stereocenters. The molecule has 5 heteroatoms. The molecule has 1 aliphatic rings. The SMILES string of the molecule is O=C1/C(=C\c2ccc(Cl)cc2)SC(=Nc2ccccc2)N1Cc1ccccc1. The molecule has 1 amide bonds. The van der Waals surface area contributed by atoms with Crippen molar-refractivity contribution in [3.8, 4) is 0 Å². The Labute approximate surface area is 173 Å². The van der Waals surface area contributed by atoms with E-state index in [0.717, 1.165) is 16.8 Å². The molecule has 4 rings (SSSR count). The summed E-state index contributed by atoms with van der Waals surface area (Å²) in [4.78, 5) is 20.2. The first-order chi connectivity index (χ1) is 13.7. The van der Waals surface area contributed by atoms with Gasteiger partial charge < -0.3 is 0 Å². The molecule has 0 aliphatic carbocycles. The standard InChI is InChI=1S/C23H17ClN2OS/c24-19-13-11-17(12-14-19)15-21-22(27)26(16-18-7-3-1-4-8-18)23(28-21)25-20-9-5-2-6-10-20/h1-15H,16H2/b21-15+,25-23?. The molecule has 0 radical (unpaired) electrons. The highest BCUT2D eigenvalue weighted by atomic mass is 35.5. The first-order valence-corrected chi connectivity index (χ1v) is 10.0. The summed E-state index contributed by atoms with van der Waals surface area (Å²) in [6, 6.07) is 27.1. The highest BCUT2D eigenvalue weighted by Gasteiger charge is 2.33. The van der Waals surface area contributed by atoms with E-state index in [9.17, 15) is 4.79 Å². The summed E-state index contributed by atoms with van der Waals surface area (Å²) in [7, 11) is 0. The molecule has 1 fully saturated rings. The molecule has 0 bridgehead atoms. The van der Waals surface area contributed by atoms with Crippen molar-refractivity contribution in [2.24, 2.45) is 4.99 Å². The summed E-state index contributed by atoms with van der Waals surface area (Å²) in [6.07, 6.45) is 1.88. The summed E-state index contributed by atoms with van der Waals surface area (Å²) in [5.41, 5.74) is 2.81. The molecule has 3 nitrogen and oxygen atoms in total. The Balaban J connectivity index is 1.69. The summed E-state index contributed by atoms with van der Waals surface area (Å²) in [5, 5.41) is 1.35. The van der Waals surface area contributed by atoms with E-state index in [1.54, 1.807) is 4.90 Å². The van der Waals surface area contributed by atoms with E-state index in [1.807, 2.05) is 91.0 Å². The van der Waals surface area contributed by atoms with E-state index < -0.39 is 0 Å². The molecule has 0 unspecified atom stereocenters. The minimum atomic E-state index is -0.0431. The lowest BCUT2D eigenvalue weighted by atomic mass is 10.2. The first kappa shape index (κ1) is 18.5. The zero-order valence-corrected chi connectivity index (χ0v) is 16.5. The zero-order valence-electron chi connectivity index (χ0n) is 15.0. The molecule has 0 N–H and O–H groups in total. The predicted octanol–water partition coefficient (Wildman–Crippen LogP) is 6.14. The number of aliphatic imine (C=N–C) groups is 1. The number of hydrogen-bond donors (Lipinski definition) is 0. The van der Waals surface area contributed by atoms with Crippen molar-refractivity contribution in [3.63, 3.8) is 0 Å². The Hall–Kier alpha value is -2.82. The smallest absolute Gasteiger partial charge is 0.267 e. The van der Waals surface area contributed by atoms with Gasteiger partial charge in [0.2, 0.25) is 0 Å². The first-order valence-electron chi connectivity index (χ1n) is 8.84. The molecule has 3 aromatic carbocycles. The van der Waals surface area contributed by atoms with Crippen molar-refractivity contribution in [3.05, 3.63) is 106 Å². The highest BCUT2D eigenvalue weighted by molar-refractivity contribution is 8.18. The molecule has 0 aromatic heterocycles. The molecule has 138 valence electrons. The van der Waals surface area contributed by atoms with E-state index in [4.69, 9.17) is 16.6 Å². The number of rotatable bonds is 4. The number of nitrogens with zero attached hydrogens (tertiary/aromatic N) is 2. The second kappa shape index (κ2) is 8.46. The Morgan fingerprint density at radius 1 is 0.893 bits per heavy atom. The van der Waals surface area contributed by atoms with Gasteiger partial charge >= 0.3 is 0 Å². The van der Waals surface area contributed by atoms with Crippen LogP contribution in [0.1, 0.15) is 11.1 Å². The largest absolute Gasteiger partial charge is 0.282 e. The normalized spacial score (nSPS) is 16.9. The summed E-state index contributed by atoms with van der Waals surface area (Å²) >= 11 is 7.36. The summed E-state index contributed by atoms with van der Waals surface area (Å²) in [5.74, 6) is -0.0431. The monoisotopic (exact) mass is 404 g/mol. The van der Waals surface area contributed by atoms with Crippen LogP contribution >= 0.6 is 23.4 Å². The Bertz CT molecular complexity index is 1030. The van der Waals surface area contributed by atoms with Crippen LogP contribution in [0.3, 0.4) is 0 Å². The number of carbonyl (C=O) groups is 1. The van der Waals surface area contributed by atoms with Crippen LogP contribution in [-0.2, 0) is 11.3 Å². The van der Waals surface area contributed by atoms with Gasteiger partial charge in [0.25, 0.3) is 5.91 Å². The van der Waals surface area contributed by atoms with Crippen LogP contribution in [-0.4, -0.2) is 16.0 Å². The molecule has 28 heavy (non-hydrogen) atoms. The van der Waals surface area contributed by atoms with Gasteiger partial charge in [0, 0.05) is 5.02 Å². The lowest BCUT2D eigenvalue weighted by Crippen LogP contribution is -2.28. The van der Waals surface area contributed by atoms with Crippen LogP contribution < -0.4 is 0 Å². The maximum absolute atomic E-state index is 13.1. The lowest BCUT2D eigenvalue weighted by molar-refractivity contribution is -0.122. The van der Waals surface area contributed by atoms with E-state index in [0.29, 0.717) is 21.6 Å². The number of thioether (sulfide) groups is 1. The molecule has 1 aliphatic heterocycles. The van der Waals surface area contributed by atoms with Gasteiger partial charge in [-0.25, -0.2) is 4.99 Å². The van der Waals surface area contributed by atoms with E-state index in [1.165, 1.54) is 11.8 Å². The number of amides is 1. The number of amidine groups is 1. The van der Waals surface area contributed by atoms with Gasteiger partial charge in [0.05, 0.1) is 17.1 Å². The van der Waals surface area contributed by atoms with Crippen molar-refractivity contribution in [1.29, 1.82) is 0 Å². The third-order valence-corrected chi connectivity index (χ3v) is 5.48. The predicted molar refractivity (Wildman–Crippen MR) is 118 cm³/mol. The quantitative estimate of drug-likeness (QED) is 0.489. The van der Waals surface area contributed by atoms with Crippen LogP contribution in [0.15, 0.2) is 94.8 Å². The number of hydrogen-bond acceptors (Lipinski definition) is 3. The average Bonchev–Trinajstić information content (AvgIpc) is 3.00. The molecule has 0 saturated carbocycles. The van der Waals surface area contributed by atoms with Crippen molar-refractivity contribution in [1.82, 2.24) is 4.90 Å². The zero-order chi connectivity index (χ0) is 19.3. The molecule has 1 saturated heterocycles. The van der Waals surface area contributed by atoms with Crippen LogP contribution in [0.2, 0.25) is 5.02 Å². The van der Waals surface area contributed by atoms with Crippen LogP contribution in [0.25, 0.3) is 6.08 Å². The van der Waals surface area contributed by atoms with Gasteiger partial charge in [-0.1, -0.05) is 72.3 Å². The number of benzene rings is 3. The van der Waals surface area contributed by atoms with Gasteiger partial charge in [-0.15, -0.1) is 0 Å². The molecule has 1 heterocycles. The van der Waals surface area contributed by atoms with Crippen LogP contribution in [0.4, 0.5) is 5.69 Å². The third kappa shape index (κ3) is 4.35. The minimum Gasteiger partial charge on any atom is -0.282 e. The molecule has 3 aromatic rings. The van der Waals surface area contributed by atoms with Crippen molar-refractivity contribution in [2.75, 3.05) is 0 Å². The molecular formula is C23H17ClN2OS. The van der Waals surface area contributed by atoms with Gasteiger partial charge in [-0.3, -0.25) is 9.69 Å². The second-order valence-electron chi connectivity index (χ2n) is 6.27. The highest BCUT2D eigenvalue weighted by Crippen LogP contribution is 2.35. The van der Waals surface area contributed by atoms with Gasteiger partial charge in [0.1, 0.15) is 0 Å². The van der Waals surface area contributed by atoms with E-state index in [2.05, 4.69) is 0 Å². The average molecular weight is 405 g/mol. The number of carbonyl (C=O) groups excluding carboxylic acids is 1. The Morgan fingerprint density at radius 3 is 2.21 bits per heavy atom. The van der Waals surface area contributed by atoms with Gasteiger partial charge in [0.15, 0.2) is 5.17 Å². The Morgan fingerprint density at radius 2 is 1.54 bits per heavy atom. The van der Waals surface area contributed by atoms with Gasteiger partial charge in [-0.05, 0) is 53.2 Å². The van der Waals surface area contributed by atoms with Crippen molar-refractivity contribution in [2.45, 2.75) is 6.54 Å². The maximum atomic E-state index is 13.1. The topological polar surface area (TPSA) is 32.7 Å². The molecular weight excluding hydrogens is 388 g/mol. The second-order valence-corrected chi connectivity index (χ2v) is 7.71. The summed E-state index contributed by atoms with van der Waals surface area (Å²) < 4.78 is 0. The van der Waals surface area contributed by atoms with Crippen molar-refractivity contribution >= 4 is 46.2 Å². The molecule has 0 spiro atoms. The lowest BCUT2D eigenvalue weighted by Gasteiger charge is -2.15. The van der Waals surface area contributed by atoms with Crippen molar-refractivity contribution < 1.29 is 4.79 Å². The maximum Gasteiger partial charge on any atom is 0.267 e. The van der Waals surface area contributed by atoms with E-state index >= 15 is 0 Å². The fourth-order valence-electron chi connectivity index (χ4n) is 2.82. The Kier molecular flexibility index (Phi) is 5.60. The number of para-hydroxylation sites is 1. The third-order valence-electron chi connectivity index (χ3n) is 4.22.